The molecule has 4 aliphatic rings. The van der Waals surface area contributed by atoms with Crippen molar-refractivity contribution in [2.75, 3.05) is 40.8 Å². The van der Waals surface area contributed by atoms with Gasteiger partial charge in [0.2, 0.25) is 5.78 Å². The fourth-order valence-corrected chi connectivity index (χ4v) is 9.10. The Hall–Kier alpha value is -2.65. The average Bonchev–Trinajstić information content (AvgIpc) is 3.22. The zero-order chi connectivity index (χ0) is 31.3. The summed E-state index contributed by atoms with van der Waals surface area (Å²) in [7, 11) is 6.09. The molecule has 3 saturated carbocycles. The number of hydrogen-bond acceptors (Lipinski definition) is 8. The minimum Gasteiger partial charge on any atom is -0.454 e. The average molecular weight is 593 g/mol. The number of carbonyl (C=O) groups excluding carboxylic acids is 3. The molecule has 234 valence electrons. The largest absolute Gasteiger partial charge is 0.454 e. The SMILES string of the molecule is C[C@H]1CC2C(C(O)CC3(C)C2CC[C@]3(O)C(=O)COC(=O)c2cccc(CN(C)CCN(C)C)c2)C2(C)C=CC(=O)C=C12. The summed E-state index contributed by atoms with van der Waals surface area (Å²) in [5.74, 6) is -0.932. The second-order valence-corrected chi connectivity index (χ2v) is 14.4. The quantitative estimate of drug-likeness (QED) is 0.419. The van der Waals surface area contributed by atoms with Gasteiger partial charge in [-0.3, -0.25) is 9.59 Å². The molecule has 0 bridgehead atoms. The maximum atomic E-state index is 13.7. The number of allylic oxidation sites excluding steroid dienone is 4. The Morgan fingerprint density at radius 3 is 2.60 bits per heavy atom. The zero-order valence-electron chi connectivity index (χ0n) is 26.5. The highest BCUT2D eigenvalue weighted by molar-refractivity contribution is 6.01. The van der Waals surface area contributed by atoms with Gasteiger partial charge in [0.25, 0.3) is 0 Å². The van der Waals surface area contributed by atoms with Gasteiger partial charge in [0.05, 0.1) is 11.7 Å². The van der Waals surface area contributed by atoms with Crippen molar-refractivity contribution in [1.82, 2.24) is 9.80 Å². The van der Waals surface area contributed by atoms with Crippen LogP contribution in [0.15, 0.2) is 48.1 Å². The van der Waals surface area contributed by atoms with Crippen LogP contribution in [-0.4, -0.2) is 90.1 Å². The van der Waals surface area contributed by atoms with E-state index in [1.54, 1.807) is 24.3 Å². The van der Waals surface area contributed by atoms with Crippen LogP contribution >= 0.6 is 0 Å². The van der Waals surface area contributed by atoms with E-state index < -0.39 is 40.9 Å². The minimum absolute atomic E-state index is 0.0117. The minimum atomic E-state index is -1.69. The topological polar surface area (TPSA) is 107 Å². The normalized spacial score (nSPS) is 36.7. The lowest BCUT2D eigenvalue weighted by Gasteiger charge is -2.60. The van der Waals surface area contributed by atoms with Crippen LogP contribution in [0.3, 0.4) is 0 Å². The van der Waals surface area contributed by atoms with Crippen LogP contribution in [0.5, 0.6) is 0 Å². The van der Waals surface area contributed by atoms with Crippen LogP contribution in [0.2, 0.25) is 0 Å². The Morgan fingerprint density at radius 1 is 1.14 bits per heavy atom. The summed E-state index contributed by atoms with van der Waals surface area (Å²) >= 11 is 0. The number of ketones is 2. The number of aliphatic hydroxyl groups excluding tert-OH is 1. The molecule has 0 spiro atoms. The zero-order valence-corrected chi connectivity index (χ0v) is 26.5. The maximum Gasteiger partial charge on any atom is 0.338 e. The Kier molecular flexibility index (Phi) is 8.64. The molecule has 0 saturated heterocycles. The predicted octanol–water partition coefficient (Wildman–Crippen LogP) is 3.66. The van der Waals surface area contributed by atoms with E-state index in [9.17, 15) is 24.6 Å². The summed E-state index contributed by atoms with van der Waals surface area (Å²) in [6.07, 6.45) is 6.58. The van der Waals surface area contributed by atoms with Gasteiger partial charge in [-0.2, -0.15) is 0 Å². The number of Topliss-reactive ketones (excluding diaryl/α,β-unsaturated/α-hetero) is 1. The van der Waals surface area contributed by atoms with Gasteiger partial charge >= 0.3 is 5.97 Å². The van der Waals surface area contributed by atoms with Crippen molar-refractivity contribution in [3.05, 3.63) is 59.2 Å². The molecule has 8 atom stereocenters. The third-order valence-corrected chi connectivity index (χ3v) is 11.3. The van der Waals surface area contributed by atoms with Crippen molar-refractivity contribution < 1.29 is 29.3 Å². The standard InChI is InChI=1S/C35H48N2O6/c1-22-16-26-27-11-13-35(42,34(27,3)19-29(39)31(26)33(2)12-10-25(38)18-28(22)33)30(40)21-43-32(41)24-9-7-8-23(17-24)20-37(6)15-14-36(4)5/h7-10,12,17-18,22,26-27,29,31,39,42H,11,13-16,19-21H2,1-6H3/t22-,26?,27?,29?,31?,33?,34?,35-/m0/s1. The number of rotatable bonds is 9. The van der Waals surface area contributed by atoms with E-state index in [0.717, 1.165) is 30.6 Å². The number of ether oxygens (including phenoxy) is 1. The molecule has 3 fully saturated rings. The molecule has 0 radical (unpaired) electrons. The molecular weight excluding hydrogens is 544 g/mol. The number of nitrogens with zero attached hydrogens (tertiary/aromatic N) is 2. The highest BCUT2D eigenvalue weighted by Gasteiger charge is 2.68. The molecule has 0 heterocycles. The van der Waals surface area contributed by atoms with Crippen LogP contribution in [-0.2, 0) is 20.9 Å². The van der Waals surface area contributed by atoms with Gasteiger partial charge in [-0.05, 0) is 94.4 Å². The molecule has 0 amide bonds. The van der Waals surface area contributed by atoms with Gasteiger partial charge in [-0.15, -0.1) is 0 Å². The predicted molar refractivity (Wildman–Crippen MR) is 164 cm³/mol. The molecule has 8 heteroatoms. The molecule has 6 unspecified atom stereocenters. The van der Waals surface area contributed by atoms with Crippen molar-refractivity contribution in [2.45, 2.75) is 64.7 Å². The van der Waals surface area contributed by atoms with E-state index in [4.69, 9.17) is 4.74 Å². The lowest BCUT2D eigenvalue weighted by atomic mass is 9.45. The molecule has 43 heavy (non-hydrogen) atoms. The Labute approximate surface area is 255 Å². The van der Waals surface area contributed by atoms with Gasteiger partial charge in [0.1, 0.15) is 5.60 Å². The van der Waals surface area contributed by atoms with Crippen molar-refractivity contribution in [3.8, 4) is 0 Å². The van der Waals surface area contributed by atoms with E-state index >= 15 is 0 Å². The molecule has 0 aromatic heterocycles. The Morgan fingerprint density at radius 2 is 1.88 bits per heavy atom. The summed E-state index contributed by atoms with van der Waals surface area (Å²) in [4.78, 5) is 43.2. The first kappa shape index (κ1) is 31.8. The fourth-order valence-electron chi connectivity index (χ4n) is 9.10. The molecule has 2 N–H and O–H groups in total. The van der Waals surface area contributed by atoms with Crippen LogP contribution in [0, 0.1) is 34.5 Å². The lowest BCUT2D eigenvalue weighted by molar-refractivity contribution is -0.180. The number of aliphatic hydroxyl groups is 2. The number of likely N-dealkylation sites (N-methyl/N-ethyl adjacent to an activating group) is 2. The first-order chi connectivity index (χ1) is 20.2. The van der Waals surface area contributed by atoms with Gasteiger partial charge < -0.3 is 24.7 Å². The molecule has 8 nitrogen and oxygen atoms in total. The summed E-state index contributed by atoms with van der Waals surface area (Å²) in [6.45, 7) is 8.16. The van der Waals surface area contributed by atoms with E-state index in [0.29, 0.717) is 18.5 Å². The fraction of sp³-hybridized carbons (Fsp3) is 0.629. The number of hydrogen-bond donors (Lipinski definition) is 2. The summed E-state index contributed by atoms with van der Waals surface area (Å²) < 4.78 is 5.50. The monoisotopic (exact) mass is 592 g/mol. The van der Waals surface area contributed by atoms with Crippen LogP contribution in [0.4, 0.5) is 0 Å². The van der Waals surface area contributed by atoms with Crippen molar-refractivity contribution in [1.29, 1.82) is 0 Å². The Bertz CT molecular complexity index is 1340. The van der Waals surface area contributed by atoms with Crippen molar-refractivity contribution in [2.24, 2.45) is 34.5 Å². The van der Waals surface area contributed by atoms with Gasteiger partial charge in [-0.25, -0.2) is 4.79 Å². The van der Waals surface area contributed by atoms with Crippen LogP contribution < -0.4 is 0 Å². The van der Waals surface area contributed by atoms with Crippen molar-refractivity contribution in [3.63, 3.8) is 0 Å². The highest BCUT2D eigenvalue weighted by atomic mass is 16.5. The second-order valence-electron chi connectivity index (χ2n) is 14.4. The van der Waals surface area contributed by atoms with Gasteiger partial charge in [0, 0.05) is 36.4 Å². The van der Waals surface area contributed by atoms with Crippen LogP contribution in [0.25, 0.3) is 0 Å². The van der Waals surface area contributed by atoms with E-state index in [2.05, 4.69) is 23.6 Å². The molecule has 5 rings (SSSR count). The number of esters is 1. The van der Waals surface area contributed by atoms with E-state index in [1.165, 1.54) is 0 Å². The summed E-state index contributed by atoms with van der Waals surface area (Å²) in [5.41, 5.74) is -0.559. The molecule has 1 aromatic rings. The third kappa shape index (κ3) is 5.56. The van der Waals surface area contributed by atoms with Gasteiger partial charge in [0.15, 0.2) is 12.4 Å². The highest BCUT2D eigenvalue weighted by Crippen LogP contribution is 2.67. The molecule has 0 aliphatic heterocycles. The van der Waals surface area contributed by atoms with Gasteiger partial charge in [-0.1, -0.05) is 44.6 Å². The summed E-state index contributed by atoms with van der Waals surface area (Å²) in [6, 6.07) is 7.24. The second kappa shape index (κ2) is 11.7. The van der Waals surface area contributed by atoms with Crippen LogP contribution in [0.1, 0.15) is 62.4 Å². The maximum absolute atomic E-state index is 13.7. The Balaban J connectivity index is 1.27. The summed E-state index contributed by atoms with van der Waals surface area (Å²) in [5, 5.41) is 23.6. The number of carbonyl (C=O) groups is 3. The number of fused-ring (bicyclic) bond motifs is 5. The molecule has 1 aromatic carbocycles. The molecular formula is C35H48N2O6. The first-order valence-corrected chi connectivity index (χ1v) is 15.7. The number of benzene rings is 1. The van der Waals surface area contributed by atoms with Crippen molar-refractivity contribution >= 4 is 17.5 Å². The first-order valence-electron chi connectivity index (χ1n) is 15.7. The lowest BCUT2D eigenvalue weighted by Crippen LogP contribution is -2.62. The van der Waals surface area contributed by atoms with E-state index in [1.807, 2.05) is 46.3 Å². The van der Waals surface area contributed by atoms with E-state index in [-0.39, 0.29) is 42.3 Å². The third-order valence-electron chi connectivity index (χ3n) is 11.3. The smallest absolute Gasteiger partial charge is 0.338 e. The molecule has 4 aliphatic carbocycles.